The summed E-state index contributed by atoms with van der Waals surface area (Å²) in [5.74, 6) is 0.120. The van der Waals surface area contributed by atoms with Crippen molar-refractivity contribution in [3.63, 3.8) is 0 Å². The zero-order valence-electron chi connectivity index (χ0n) is 18.8. The monoisotopic (exact) mass is 429 g/mol. The first-order valence-electron chi connectivity index (χ1n) is 10.9. The van der Waals surface area contributed by atoms with Crippen molar-refractivity contribution in [3.8, 4) is 6.07 Å². The van der Waals surface area contributed by atoms with Crippen LogP contribution < -0.4 is 11.1 Å². The second kappa shape index (κ2) is 12.4. The molecular formula is C23H35N5O3. The van der Waals surface area contributed by atoms with Crippen LogP contribution in [0.15, 0.2) is 24.3 Å². The first-order valence-corrected chi connectivity index (χ1v) is 10.9. The molecule has 1 aromatic rings. The fourth-order valence-corrected chi connectivity index (χ4v) is 4.08. The van der Waals surface area contributed by atoms with Gasteiger partial charge in [-0.1, -0.05) is 26.0 Å². The summed E-state index contributed by atoms with van der Waals surface area (Å²) in [4.78, 5) is 29.4. The lowest BCUT2D eigenvalue weighted by Crippen LogP contribution is -2.58. The average molecular weight is 430 g/mol. The molecule has 0 bridgehead atoms. The molecule has 1 aromatic carbocycles. The van der Waals surface area contributed by atoms with Crippen molar-refractivity contribution in [2.24, 2.45) is 11.7 Å². The zero-order valence-corrected chi connectivity index (χ0v) is 18.8. The molecule has 8 heteroatoms. The van der Waals surface area contributed by atoms with Gasteiger partial charge in [-0.25, -0.2) is 0 Å². The van der Waals surface area contributed by atoms with Crippen LogP contribution in [-0.4, -0.2) is 73.6 Å². The van der Waals surface area contributed by atoms with Gasteiger partial charge in [0.1, 0.15) is 12.6 Å². The molecule has 2 amide bonds. The highest BCUT2D eigenvalue weighted by Crippen LogP contribution is 2.25. The van der Waals surface area contributed by atoms with Gasteiger partial charge in [-0.15, -0.1) is 0 Å². The molecule has 2 rings (SSSR count). The summed E-state index contributed by atoms with van der Waals surface area (Å²) in [6.07, 6.45) is 1.36. The van der Waals surface area contributed by atoms with E-state index < -0.39 is 6.04 Å². The van der Waals surface area contributed by atoms with Crippen LogP contribution in [0.25, 0.3) is 0 Å². The standard InChI is InChI=1S/C23H35N5O3/c1-17(2)14-27(15-19-6-4-18(13-25)5-7-19)20-8-11-28(22(29)16-31-3)21(12-20)23(30)26-10-9-24/h4-7,17,20-21H,8-12,14-16,24H2,1-3H3,(H,26,30)/t20?,21-/m1/s1. The second-order valence-corrected chi connectivity index (χ2v) is 8.43. The molecule has 8 nitrogen and oxygen atoms in total. The van der Waals surface area contributed by atoms with E-state index in [1.54, 1.807) is 4.90 Å². The lowest BCUT2D eigenvalue weighted by atomic mass is 9.93. The number of piperidine rings is 1. The Bertz CT molecular complexity index is 759. The highest BCUT2D eigenvalue weighted by atomic mass is 16.5. The summed E-state index contributed by atoms with van der Waals surface area (Å²) >= 11 is 0. The number of likely N-dealkylation sites (tertiary alicyclic amines) is 1. The van der Waals surface area contributed by atoms with Gasteiger partial charge in [0.2, 0.25) is 11.8 Å². The SMILES string of the molecule is COCC(=O)N1CCC(N(Cc2ccc(C#N)cc2)CC(C)C)C[C@@H]1C(=O)NCCN. The van der Waals surface area contributed by atoms with E-state index in [2.05, 4.69) is 30.1 Å². The number of ether oxygens (including phenoxy) is 1. The number of nitriles is 1. The molecule has 0 aromatic heterocycles. The van der Waals surface area contributed by atoms with E-state index in [1.807, 2.05) is 24.3 Å². The first-order chi connectivity index (χ1) is 14.9. The maximum Gasteiger partial charge on any atom is 0.249 e. The Hall–Kier alpha value is -2.47. The molecule has 1 fully saturated rings. The minimum atomic E-state index is -0.538. The molecule has 170 valence electrons. The van der Waals surface area contributed by atoms with Crippen LogP contribution in [0.3, 0.4) is 0 Å². The number of carbonyl (C=O) groups is 2. The number of carbonyl (C=O) groups excluding carboxylic acids is 2. The molecule has 1 heterocycles. The van der Waals surface area contributed by atoms with Gasteiger partial charge >= 0.3 is 0 Å². The van der Waals surface area contributed by atoms with Crippen molar-refractivity contribution in [1.82, 2.24) is 15.1 Å². The molecule has 3 N–H and O–H groups in total. The van der Waals surface area contributed by atoms with E-state index in [0.29, 0.717) is 37.5 Å². The number of methoxy groups -OCH3 is 1. The summed E-state index contributed by atoms with van der Waals surface area (Å²) in [5.41, 5.74) is 7.31. The Kier molecular flexibility index (Phi) is 9.92. The highest BCUT2D eigenvalue weighted by Gasteiger charge is 2.38. The molecular weight excluding hydrogens is 394 g/mol. The number of benzene rings is 1. The topological polar surface area (TPSA) is 112 Å². The van der Waals surface area contributed by atoms with Gasteiger partial charge in [0.15, 0.2) is 0 Å². The fraction of sp³-hybridized carbons (Fsp3) is 0.609. The molecule has 0 spiro atoms. The van der Waals surface area contributed by atoms with Crippen LogP contribution >= 0.6 is 0 Å². The summed E-state index contributed by atoms with van der Waals surface area (Å²) in [6, 6.07) is 9.40. The second-order valence-electron chi connectivity index (χ2n) is 8.43. The van der Waals surface area contributed by atoms with E-state index in [4.69, 9.17) is 15.7 Å². The van der Waals surface area contributed by atoms with Gasteiger partial charge in [0.25, 0.3) is 0 Å². The number of nitrogens with zero attached hydrogens (tertiary/aromatic N) is 3. The Morgan fingerprint density at radius 2 is 2.06 bits per heavy atom. The minimum absolute atomic E-state index is 0.0354. The lowest BCUT2D eigenvalue weighted by molar-refractivity contribution is -0.146. The van der Waals surface area contributed by atoms with Crippen LogP contribution in [-0.2, 0) is 20.9 Å². The van der Waals surface area contributed by atoms with E-state index in [0.717, 1.165) is 25.1 Å². The number of nitrogens with one attached hydrogen (secondary N) is 1. The van der Waals surface area contributed by atoms with E-state index in [1.165, 1.54) is 7.11 Å². The van der Waals surface area contributed by atoms with Crippen LogP contribution in [0.4, 0.5) is 0 Å². The number of nitrogens with two attached hydrogens (primary N) is 1. The number of amides is 2. The summed E-state index contributed by atoms with van der Waals surface area (Å²) in [7, 11) is 1.48. The molecule has 1 unspecified atom stereocenters. The van der Waals surface area contributed by atoms with Crippen molar-refractivity contribution in [1.29, 1.82) is 5.26 Å². The zero-order chi connectivity index (χ0) is 22.8. The molecule has 0 saturated carbocycles. The summed E-state index contributed by atoms with van der Waals surface area (Å²) in [6.45, 7) is 7.18. The maximum atomic E-state index is 12.8. The lowest BCUT2D eigenvalue weighted by Gasteiger charge is -2.43. The predicted octanol–water partition coefficient (Wildman–Crippen LogP) is 1.10. The Morgan fingerprint density at radius 1 is 1.35 bits per heavy atom. The van der Waals surface area contributed by atoms with Gasteiger partial charge in [-0.2, -0.15) is 5.26 Å². The Labute approximate surface area is 185 Å². The predicted molar refractivity (Wildman–Crippen MR) is 119 cm³/mol. The van der Waals surface area contributed by atoms with E-state index in [-0.39, 0.29) is 24.5 Å². The Balaban J connectivity index is 2.19. The highest BCUT2D eigenvalue weighted by molar-refractivity contribution is 5.88. The summed E-state index contributed by atoms with van der Waals surface area (Å²) in [5, 5.41) is 11.9. The number of rotatable bonds is 10. The normalized spacial score (nSPS) is 18.8. The van der Waals surface area contributed by atoms with E-state index in [9.17, 15) is 9.59 Å². The molecule has 0 aliphatic carbocycles. The molecule has 0 radical (unpaired) electrons. The van der Waals surface area contributed by atoms with Gasteiger partial charge in [-0.05, 0) is 36.5 Å². The minimum Gasteiger partial charge on any atom is -0.375 e. The molecule has 2 atom stereocenters. The van der Waals surface area contributed by atoms with Gasteiger partial charge in [-0.3, -0.25) is 14.5 Å². The first kappa shape index (κ1) is 24.8. The molecule has 31 heavy (non-hydrogen) atoms. The molecule has 1 aliphatic rings. The largest absolute Gasteiger partial charge is 0.375 e. The van der Waals surface area contributed by atoms with Crippen molar-refractivity contribution >= 4 is 11.8 Å². The van der Waals surface area contributed by atoms with Crippen LogP contribution in [0, 0.1) is 17.2 Å². The molecule has 1 aliphatic heterocycles. The maximum absolute atomic E-state index is 12.8. The number of hydrogen-bond acceptors (Lipinski definition) is 6. The van der Waals surface area contributed by atoms with Crippen molar-refractivity contribution < 1.29 is 14.3 Å². The van der Waals surface area contributed by atoms with Gasteiger partial charge < -0.3 is 20.7 Å². The third-order valence-corrected chi connectivity index (χ3v) is 5.49. The third-order valence-electron chi connectivity index (χ3n) is 5.49. The van der Waals surface area contributed by atoms with Crippen LogP contribution in [0.5, 0.6) is 0 Å². The van der Waals surface area contributed by atoms with E-state index >= 15 is 0 Å². The average Bonchev–Trinajstić information content (AvgIpc) is 2.77. The third kappa shape index (κ3) is 7.31. The van der Waals surface area contributed by atoms with Gasteiger partial charge in [0.05, 0.1) is 11.6 Å². The summed E-state index contributed by atoms with van der Waals surface area (Å²) < 4.78 is 5.01. The van der Waals surface area contributed by atoms with Crippen molar-refractivity contribution in [3.05, 3.63) is 35.4 Å². The Morgan fingerprint density at radius 3 is 2.65 bits per heavy atom. The fourth-order valence-electron chi connectivity index (χ4n) is 4.08. The molecule has 1 saturated heterocycles. The quantitative estimate of drug-likeness (QED) is 0.576. The van der Waals surface area contributed by atoms with Gasteiger partial charge in [0, 0.05) is 45.9 Å². The smallest absolute Gasteiger partial charge is 0.249 e. The van der Waals surface area contributed by atoms with Crippen molar-refractivity contribution in [2.75, 3.05) is 39.9 Å². The number of hydrogen-bond donors (Lipinski definition) is 2. The van der Waals surface area contributed by atoms with Crippen LogP contribution in [0.2, 0.25) is 0 Å². The van der Waals surface area contributed by atoms with Crippen molar-refractivity contribution in [2.45, 2.75) is 45.3 Å². The van der Waals surface area contributed by atoms with Crippen LogP contribution in [0.1, 0.15) is 37.8 Å².